The van der Waals surface area contributed by atoms with E-state index in [0.717, 1.165) is 18.5 Å². The van der Waals surface area contributed by atoms with Crippen molar-refractivity contribution in [3.05, 3.63) is 47.5 Å². The molecular weight excluding hydrogens is 495 g/mol. The van der Waals surface area contributed by atoms with E-state index in [1.54, 1.807) is 0 Å². The molecule has 0 radical (unpaired) electrons. The molecule has 194 valence electrons. The third kappa shape index (κ3) is 6.10. The van der Waals surface area contributed by atoms with Crippen LogP contribution in [0, 0.1) is 17.6 Å². The molecule has 35 heavy (non-hydrogen) atoms. The Hall–Kier alpha value is -2.73. The highest BCUT2D eigenvalue weighted by Gasteiger charge is 2.57. The fourth-order valence-corrected chi connectivity index (χ4v) is 3.92. The molecule has 0 bridgehead atoms. The lowest BCUT2D eigenvalue weighted by molar-refractivity contribution is -0.288. The van der Waals surface area contributed by atoms with Crippen LogP contribution in [0.1, 0.15) is 56.3 Å². The number of benzene rings is 1. The molecule has 1 aromatic heterocycles. The molecule has 0 spiro atoms. The Morgan fingerprint density at radius 1 is 0.886 bits per heavy atom. The molecule has 2 aromatic rings. The Balaban J connectivity index is 1.62. The first kappa shape index (κ1) is 26.9. The SMILES string of the molecule is CCOc1ccc(C(F)(F)Oc2cnc(C3CCC(CC(F)(F)C(F)(F)F)CC3)nc2)c(F)c1F. The molecule has 1 aliphatic rings. The molecule has 4 nitrogen and oxygen atoms in total. The minimum Gasteiger partial charge on any atom is -0.491 e. The van der Waals surface area contributed by atoms with Crippen molar-refractivity contribution in [2.75, 3.05) is 6.61 Å². The molecule has 1 aliphatic carbocycles. The summed E-state index contributed by atoms with van der Waals surface area (Å²) in [4.78, 5) is 7.82. The Labute approximate surface area is 194 Å². The summed E-state index contributed by atoms with van der Waals surface area (Å²) in [6.45, 7) is 1.50. The van der Waals surface area contributed by atoms with E-state index in [1.807, 2.05) is 0 Å². The monoisotopic (exact) mass is 516 g/mol. The molecule has 0 saturated heterocycles. The van der Waals surface area contributed by atoms with Gasteiger partial charge in [0.1, 0.15) is 11.4 Å². The highest BCUT2D eigenvalue weighted by molar-refractivity contribution is 5.33. The van der Waals surface area contributed by atoms with Crippen LogP contribution in [-0.4, -0.2) is 28.7 Å². The first-order valence-corrected chi connectivity index (χ1v) is 10.7. The van der Waals surface area contributed by atoms with Crippen LogP contribution in [0.3, 0.4) is 0 Å². The highest BCUT2D eigenvalue weighted by Crippen LogP contribution is 2.45. The van der Waals surface area contributed by atoms with Gasteiger partial charge in [-0.25, -0.2) is 14.4 Å². The van der Waals surface area contributed by atoms with Gasteiger partial charge in [-0.2, -0.15) is 35.1 Å². The lowest BCUT2D eigenvalue weighted by Gasteiger charge is -2.30. The zero-order valence-electron chi connectivity index (χ0n) is 18.3. The molecular formula is C22H21F9N2O2. The number of alkyl halides is 7. The van der Waals surface area contributed by atoms with Gasteiger partial charge >= 0.3 is 18.2 Å². The summed E-state index contributed by atoms with van der Waals surface area (Å²) in [5.74, 6) is -10.3. The number of hydrogen-bond donors (Lipinski definition) is 0. The predicted octanol–water partition coefficient (Wildman–Crippen LogP) is 7.14. The molecule has 1 fully saturated rings. The number of aromatic nitrogens is 2. The molecule has 0 unspecified atom stereocenters. The minimum absolute atomic E-state index is 0.00598. The third-order valence-electron chi connectivity index (χ3n) is 5.73. The second-order valence-electron chi connectivity index (χ2n) is 8.19. The summed E-state index contributed by atoms with van der Waals surface area (Å²) in [5.41, 5.74) is -1.36. The van der Waals surface area contributed by atoms with E-state index in [0.29, 0.717) is 6.07 Å². The molecule has 3 rings (SSSR count). The largest absolute Gasteiger partial charge is 0.491 e. The van der Waals surface area contributed by atoms with E-state index in [4.69, 9.17) is 4.74 Å². The van der Waals surface area contributed by atoms with Gasteiger partial charge in [0, 0.05) is 12.3 Å². The minimum atomic E-state index is -5.61. The lowest BCUT2D eigenvalue weighted by atomic mass is 9.79. The maximum absolute atomic E-state index is 14.5. The second-order valence-corrected chi connectivity index (χ2v) is 8.19. The van der Waals surface area contributed by atoms with Crippen LogP contribution < -0.4 is 9.47 Å². The van der Waals surface area contributed by atoms with E-state index in [2.05, 4.69) is 14.7 Å². The van der Waals surface area contributed by atoms with E-state index in [-0.39, 0.29) is 44.0 Å². The highest BCUT2D eigenvalue weighted by atomic mass is 19.4. The number of hydrogen-bond acceptors (Lipinski definition) is 4. The van der Waals surface area contributed by atoms with Crippen LogP contribution in [0.4, 0.5) is 39.5 Å². The van der Waals surface area contributed by atoms with Crippen molar-refractivity contribution in [2.45, 2.75) is 63.2 Å². The first-order valence-electron chi connectivity index (χ1n) is 10.7. The van der Waals surface area contributed by atoms with Gasteiger partial charge in [0.15, 0.2) is 17.3 Å². The van der Waals surface area contributed by atoms with Crippen LogP contribution in [0.25, 0.3) is 0 Å². The van der Waals surface area contributed by atoms with E-state index < -0.39 is 59.2 Å². The maximum Gasteiger partial charge on any atom is 0.453 e. The molecule has 13 heteroatoms. The summed E-state index contributed by atoms with van der Waals surface area (Å²) >= 11 is 0. The van der Waals surface area contributed by atoms with Crippen LogP contribution in [-0.2, 0) is 6.11 Å². The van der Waals surface area contributed by atoms with Crippen molar-refractivity contribution in [1.82, 2.24) is 9.97 Å². The summed E-state index contributed by atoms with van der Waals surface area (Å²) in [6, 6.07) is 1.47. The number of rotatable bonds is 8. The van der Waals surface area contributed by atoms with Crippen LogP contribution >= 0.6 is 0 Å². The Bertz CT molecular complexity index is 1010. The van der Waals surface area contributed by atoms with Crippen LogP contribution in [0.2, 0.25) is 0 Å². The van der Waals surface area contributed by atoms with Gasteiger partial charge < -0.3 is 9.47 Å². The standard InChI is InChI=1S/C22H21F9N2O2/c1-2-34-16-8-7-15(17(23)18(16)24)21(27,28)35-14-10-32-19(33-11-14)13-5-3-12(4-6-13)9-20(25,26)22(29,30)31/h7-8,10-13H,2-6,9H2,1H3. The van der Waals surface area contributed by atoms with Crippen molar-refractivity contribution in [1.29, 1.82) is 0 Å². The fourth-order valence-electron chi connectivity index (χ4n) is 3.92. The average molecular weight is 516 g/mol. The summed E-state index contributed by atoms with van der Waals surface area (Å²) in [6.07, 6.45) is -8.72. The molecule has 1 aromatic carbocycles. The molecule has 1 heterocycles. The van der Waals surface area contributed by atoms with E-state index >= 15 is 0 Å². The summed E-state index contributed by atoms with van der Waals surface area (Å²) in [7, 11) is 0. The van der Waals surface area contributed by atoms with Crippen molar-refractivity contribution >= 4 is 0 Å². The predicted molar refractivity (Wildman–Crippen MR) is 104 cm³/mol. The number of halogens is 9. The Kier molecular flexibility index (Phi) is 7.75. The van der Waals surface area contributed by atoms with Gasteiger partial charge in [-0.15, -0.1) is 0 Å². The normalized spacial score (nSPS) is 19.5. The van der Waals surface area contributed by atoms with Gasteiger partial charge in [-0.05, 0) is 50.7 Å². The van der Waals surface area contributed by atoms with Crippen molar-refractivity contribution in [3.8, 4) is 11.5 Å². The second kappa shape index (κ2) is 10.1. The molecule has 1 saturated carbocycles. The summed E-state index contributed by atoms with van der Waals surface area (Å²) in [5, 5.41) is 0. The smallest absolute Gasteiger partial charge is 0.453 e. The third-order valence-corrected chi connectivity index (χ3v) is 5.73. The van der Waals surface area contributed by atoms with Gasteiger partial charge in [0.05, 0.1) is 19.0 Å². The molecule has 0 aliphatic heterocycles. The van der Waals surface area contributed by atoms with Gasteiger partial charge in [0.2, 0.25) is 5.82 Å². The average Bonchev–Trinajstić information content (AvgIpc) is 2.77. The summed E-state index contributed by atoms with van der Waals surface area (Å²) < 4.78 is 130. The zero-order valence-corrected chi connectivity index (χ0v) is 18.3. The molecule has 0 atom stereocenters. The maximum atomic E-state index is 14.5. The first-order chi connectivity index (χ1) is 16.2. The van der Waals surface area contributed by atoms with E-state index in [1.165, 1.54) is 6.92 Å². The Morgan fingerprint density at radius 3 is 2.03 bits per heavy atom. The van der Waals surface area contributed by atoms with Crippen molar-refractivity contribution in [3.63, 3.8) is 0 Å². The lowest BCUT2D eigenvalue weighted by Crippen LogP contribution is -2.38. The Morgan fingerprint density at radius 2 is 1.49 bits per heavy atom. The van der Waals surface area contributed by atoms with Crippen molar-refractivity contribution in [2.24, 2.45) is 5.92 Å². The van der Waals surface area contributed by atoms with Crippen LogP contribution in [0.15, 0.2) is 24.5 Å². The molecule has 0 N–H and O–H groups in total. The topological polar surface area (TPSA) is 44.2 Å². The zero-order chi connectivity index (χ0) is 26.0. The van der Waals surface area contributed by atoms with E-state index in [9.17, 15) is 39.5 Å². The number of ether oxygens (including phenoxy) is 2. The fraction of sp³-hybridized carbons (Fsp3) is 0.545. The van der Waals surface area contributed by atoms with Crippen LogP contribution in [0.5, 0.6) is 11.5 Å². The quantitative estimate of drug-likeness (QED) is 0.350. The van der Waals surface area contributed by atoms with Gasteiger partial charge in [0.25, 0.3) is 0 Å². The van der Waals surface area contributed by atoms with Gasteiger partial charge in [-0.1, -0.05) is 0 Å². The van der Waals surface area contributed by atoms with Gasteiger partial charge in [-0.3, -0.25) is 0 Å². The van der Waals surface area contributed by atoms with Crippen molar-refractivity contribution < 1.29 is 49.0 Å². The molecule has 0 amide bonds. The number of nitrogens with zero attached hydrogens (tertiary/aromatic N) is 2.